The number of hydrogen-bond donors (Lipinski definition) is 0. The zero-order valence-electron chi connectivity index (χ0n) is 18.2. The monoisotopic (exact) mass is 447 g/mol. The molecule has 0 atom stereocenters. The van der Waals surface area contributed by atoms with Crippen LogP contribution in [0.15, 0.2) is 54.6 Å². The lowest BCUT2D eigenvalue weighted by Gasteiger charge is -2.35. The summed E-state index contributed by atoms with van der Waals surface area (Å²) in [5.41, 5.74) is 1.63. The van der Waals surface area contributed by atoms with Gasteiger partial charge in [-0.25, -0.2) is 4.98 Å². The maximum absolute atomic E-state index is 13.6. The van der Waals surface area contributed by atoms with E-state index in [1.165, 1.54) is 0 Å². The number of rotatable bonds is 5. The van der Waals surface area contributed by atoms with Crippen molar-refractivity contribution in [1.29, 1.82) is 0 Å². The van der Waals surface area contributed by atoms with Crippen LogP contribution in [0.3, 0.4) is 0 Å². The van der Waals surface area contributed by atoms with Crippen LogP contribution in [0, 0.1) is 0 Å². The van der Waals surface area contributed by atoms with Crippen molar-refractivity contribution in [2.75, 3.05) is 44.8 Å². The highest BCUT2D eigenvalue weighted by Gasteiger charge is 2.27. The number of carbonyl (C=O) groups excluding carboxylic acids is 1. The van der Waals surface area contributed by atoms with Crippen molar-refractivity contribution >= 4 is 43.4 Å². The first-order valence-electron chi connectivity index (χ1n) is 10.8. The number of nitrogens with zero attached hydrogens (tertiary/aromatic N) is 3. The highest BCUT2D eigenvalue weighted by molar-refractivity contribution is 7.22. The van der Waals surface area contributed by atoms with Crippen molar-refractivity contribution < 1.29 is 14.3 Å². The molecule has 1 aromatic heterocycles. The van der Waals surface area contributed by atoms with E-state index in [9.17, 15) is 4.79 Å². The quantitative estimate of drug-likeness (QED) is 0.439. The SMILES string of the molecule is CCOc1ccc2ccccc2c1C(=O)N1CCN(c2nc3ccc(OC)cc3s2)CC1. The number of fused-ring (bicyclic) bond motifs is 2. The third-order valence-electron chi connectivity index (χ3n) is 5.83. The molecule has 7 heteroatoms. The summed E-state index contributed by atoms with van der Waals surface area (Å²) in [5, 5.41) is 2.97. The lowest BCUT2D eigenvalue weighted by molar-refractivity contribution is 0.0744. The summed E-state index contributed by atoms with van der Waals surface area (Å²) in [4.78, 5) is 22.5. The molecule has 1 aliphatic heterocycles. The zero-order chi connectivity index (χ0) is 22.1. The van der Waals surface area contributed by atoms with Crippen LogP contribution in [-0.2, 0) is 0 Å². The summed E-state index contributed by atoms with van der Waals surface area (Å²) in [6, 6.07) is 17.8. The number of anilines is 1. The first-order valence-corrected chi connectivity index (χ1v) is 11.6. The van der Waals surface area contributed by atoms with Crippen molar-refractivity contribution in [3.05, 3.63) is 60.2 Å². The minimum atomic E-state index is 0.0268. The molecular formula is C25H25N3O3S. The van der Waals surface area contributed by atoms with Crippen LogP contribution in [0.2, 0.25) is 0 Å². The summed E-state index contributed by atoms with van der Waals surface area (Å²) in [5.74, 6) is 1.51. The molecule has 0 N–H and O–H groups in total. The molecule has 1 aliphatic rings. The number of carbonyl (C=O) groups is 1. The Morgan fingerprint density at radius 2 is 1.88 bits per heavy atom. The lowest BCUT2D eigenvalue weighted by Crippen LogP contribution is -2.48. The summed E-state index contributed by atoms with van der Waals surface area (Å²) >= 11 is 1.66. The molecule has 6 nitrogen and oxygen atoms in total. The molecule has 3 aromatic carbocycles. The smallest absolute Gasteiger partial charge is 0.258 e. The van der Waals surface area contributed by atoms with Gasteiger partial charge in [0.05, 0.1) is 29.5 Å². The van der Waals surface area contributed by atoms with Crippen LogP contribution in [-0.4, -0.2) is 55.7 Å². The van der Waals surface area contributed by atoms with Crippen LogP contribution < -0.4 is 14.4 Å². The van der Waals surface area contributed by atoms with Crippen LogP contribution in [0.1, 0.15) is 17.3 Å². The van der Waals surface area contributed by atoms with Crippen LogP contribution in [0.25, 0.3) is 21.0 Å². The van der Waals surface area contributed by atoms with Crippen molar-refractivity contribution in [3.63, 3.8) is 0 Å². The van der Waals surface area contributed by atoms with Gasteiger partial charge in [0.2, 0.25) is 0 Å². The van der Waals surface area contributed by atoms with E-state index in [1.807, 2.05) is 66.4 Å². The van der Waals surface area contributed by atoms with E-state index in [-0.39, 0.29) is 5.91 Å². The molecule has 0 spiro atoms. The number of thiazole rings is 1. The van der Waals surface area contributed by atoms with Crippen LogP contribution >= 0.6 is 11.3 Å². The first kappa shape index (κ1) is 20.6. The van der Waals surface area contributed by atoms with Gasteiger partial charge in [-0.2, -0.15) is 0 Å². The van der Waals surface area contributed by atoms with Gasteiger partial charge >= 0.3 is 0 Å². The maximum atomic E-state index is 13.6. The van der Waals surface area contributed by atoms with E-state index < -0.39 is 0 Å². The van der Waals surface area contributed by atoms with Crippen molar-refractivity contribution in [3.8, 4) is 11.5 Å². The fourth-order valence-electron chi connectivity index (χ4n) is 4.16. The number of piperazine rings is 1. The minimum absolute atomic E-state index is 0.0268. The van der Waals surface area contributed by atoms with Crippen molar-refractivity contribution in [2.45, 2.75) is 6.92 Å². The topological polar surface area (TPSA) is 54.9 Å². The maximum Gasteiger partial charge on any atom is 0.258 e. The predicted molar refractivity (Wildman–Crippen MR) is 129 cm³/mol. The summed E-state index contributed by atoms with van der Waals surface area (Å²) in [6.07, 6.45) is 0. The van der Waals surface area contributed by atoms with Gasteiger partial charge in [-0.1, -0.05) is 41.7 Å². The average molecular weight is 448 g/mol. The van der Waals surface area contributed by atoms with Gasteiger partial charge < -0.3 is 19.3 Å². The molecule has 164 valence electrons. The lowest BCUT2D eigenvalue weighted by atomic mass is 10.0. The molecule has 2 heterocycles. The van der Waals surface area contributed by atoms with Crippen molar-refractivity contribution in [1.82, 2.24) is 9.88 Å². The van der Waals surface area contributed by atoms with E-state index in [0.29, 0.717) is 31.0 Å². The fourth-order valence-corrected chi connectivity index (χ4v) is 5.21. The Morgan fingerprint density at radius 1 is 1.06 bits per heavy atom. The number of amides is 1. The largest absolute Gasteiger partial charge is 0.497 e. The second kappa shape index (κ2) is 8.67. The van der Waals surface area contributed by atoms with Gasteiger partial charge in [0.15, 0.2) is 5.13 Å². The molecule has 4 aromatic rings. The number of benzene rings is 3. The molecule has 0 aliphatic carbocycles. The molecule has 1 amide bonds. The molecule has 0 radical (unpaired) electrons. The summed E-state index contributed by atoms with van der Waals surface area (Å²) in [7, 11) is 1.67. The summed E-state index contributed by atoms with van der Waals surface area (Å²) in [6.45, 7) is 5.25. The average Bonchev–Trinajstić information content (AvgIpc) is 3.27. The van der Waals surface area contributed by atoms with E-state index in [0.717, 1.165) is 45.0 Å². The molecule has 0 bridgehead atoms. The Hall–Kier alpha value is -3.32. The molecule has 0 unspecified atom stereocenters. The normalized spacial score (nSPS) is 14.2. The Morgan fingerprint density at radius 3 is 2.66 bits per heavy atom. The van der Waals surface area contributed by atoms with Gasteiger partial charge in [0.25, 0.3) is 5.91 Å². The first-order chi connectivity index (χ1) is 15.7. The fraction of sp³-hybridized carbons (Fsp3) is 0.280. The molecule has 0 saturated carbocycles. The highest BCUT2D eigenvalue weighted by atomic mass is 32.1. The Kier molecular flexibility index (Phi) is 5.57. The molecule has 1 saturated heterocycles. The van der Waals surface area contributed by atoms with Gasteiger partial charge in [0.1, 0.15) is 11.5 Å². The van der Waals surface area contributed by atoms with Gasteiger partial charge in [-0.05, 0) is 42.0 Å². The number of methoxy groups -OCH3 is 1. The van der Waals surface area contributed by atoms with E-state index in [2.05, 4.69) is 4.90 Å². The Bertz CT molecular complexity index is 1280. The number of aromatic nitrogens is 1. The second-order valence-electron chi connectivity index (χ2n) is 7.70. The Balaban J connectivity index is 1.37. The van der Waals surface area contributed by atoms with Crippen LogP contribution in [0.4, 0.5) is 5.13 Å². The van der Waals surface area contributed by atoms with Crippen molar-refractivity contribution in [2.24, 2.45) is 0 Å². The third kappa shape index (κ3) is 3.73. The number of ether oxygens (including phenoxy) is 2. The van der Waals surface area contributed by atoms with Gasteiger partial charge in [-0.3, -0.25) is 4.79 Å². The van der Waals surface area contributed by atoms with E-state index in [4.69, 9.17) is 14.5 Å². The second-order valence-corrected chi connectivity index (χ2v) is 8.71. The standard InChI is InChI=1S/C25H25N3O3S/c1-3-31-21-11-8-17-6-4-5-7-19(17)23(21)24(29)27-12-14-28(15-13-27)25-26-20-10-9-18(30-2)16-22(20)32-25/h4-11,16H,3,12-15H2,1-2H3. The predicted octanol–water partition coefficient (Wildman–Crippen LogP) is 4.82. The number of hydrogen-bond acceptors (Lipinski definition) is 6. The molecule has 32 heavy (non-hydrogen) atoms. The minimum Gasteiger partial charge on any atom is -0.497 e. The highest BCUT2D eigenvalue weighted by Crippen LogP contribution is 2.33. The zero-order valence-corrected chi connectivity index (χ0v) is 19.0. The molecule has 5 rings (SSSR count). The molecular weight excluding hydrogens is 422 g/mol. The van der Waals surface area contributed by atoms with Gasteiger partial charge in [0, 0.05) is 26.2 Å². The Labute approximate surface area is 191 Å². The van der Waals surface area contributed by atoms with Gasteiger partial charge in [-0.15, -0.1) is 0 Å². The van der Waals surface area contributed by atoms with E-state index in [1.54, 1.807) is 18.4 Å². The summed E-state index contributed by atoms with van der Waals surface area (Å²) < 4.78 is 12.3. The third-order valence-corrected chi connectivity index (χ3v) is 6.91. The van der Waals surface area contributed by atoms with E-state index >= 15 is 0 Å². The van der Waals surface area contributed by atoms with Crippen LogP contribution in [0.5, 0.6) is 11.5 Å². The molecule has 1 fully saturated rings.